The van der Waals surface area contributed by atoms with E-state index >= 15 is 0 Å². The lowest BCUT2D eigenvalue weighted by Gasteiger charge is -2.42. The lowest BCUT2D eigenvalue weighted by atomic mass is 9.73. The summed E-state index contributed by atoms with van der Waals surface area (Å²) in [5.74, 6) is 0.565. The van der Waals surface area contributed by atoms with Gasteiger partial charge in [0.2, 0.25) is 5.91 Å². The number of hydrogen-bond acceptors (Lipinski definition) is 4. The molecule has 2 atom stereocenters. The maximum absolute atomic E-state index is 11.6. The first-order valence-corrected chi connectivity index (χ1v) is 8.48. The van der Waals surface area contributed by atoms with Crippen LogP contribution in [-0.2, 0) is 11.3 Å². The standard InChI is InChI=1S/C16H24N2O2S/c1-12-3-4-15(21-12)9-17-7-14-8-18(13(2)20)6-5-16(14,10-17)11-19/h3-4,14,19H,5-11H2,1-2H3/t14-,16-/m0/s1. The second-order valence-corrected chi connectivity index (χ2v) is 7.99. The van der Waals surface area contributed by atoms with Crippen LogP contribution in [0.5, 0.6) is 0 Å². The van der Waals surface area contributed by atoms with E-state index < -0.39 is 0 Å². The minimum atomic E-state index is -0.00173. The fourth-order valence-electron chi connectivity index (χ4n) is 3.85. The predicted molar refractivity (Wildman–Crippen MR) is 84.2 cm³/mol. The van der Waals surface area contributed by atoms with Gasteiger partial charge < -0.3 is 10.0 Å². The van der Waals surface area contributed by atoms with E-state index in [2.05, 4.69) is 24.0 Å². The SMILES string of the molecule is CC(=O)N1CC[C@@]2(CO)CN(Cc3ccc(C)s3)C[C@H]2C1. The van der Waals surface area contributed by atoms with E-state index in [1.807, 2.05) is 16.2 Å². The van der Waals surface area contributed by atoms with Gasteiger partial charge >= 0.3 is 0 Å². The molecule has 3 heterocycles. The molecule has 0 radical (unpaired) electrons. The van der Waals surface area contributed by atoms with E-state index in [9.17, 15) is 9.90 Å². The van der Waals surface area contributed by atoms with Crippen LogP contribution >= 0.6 is 11.3 Å². The number of fused-ring (bicyclic) bond motifs is 1. The summed E-state index contributed by atoms with van der Waals surface area (Å²) in [6.07, 6.45) is 0.924. The van der Waals surface area contributed by atoms with E-state index in [4.69, 9.17) is 0 Å². The molecule has 2 saturated heterocycles. The summed E-state index contributed by atoms with van der Waals surface area (Å²) in [6, 6.07) is 4.37. The Balaban J connectivity index is 1.70. The van der Waals surface area contributed by atoms with Gasteiger partial charge in [-0.25, -0.2) is 0 Å². The molecule has 0 unspecified atom stereocenters. The molecule has 0 saturated carbocycles. The van der Waals surface area contributed by atoms with Crippen LogP contribution in [0, 0.1) is 18.3 Å². The average Bonchev–Trinajstić information content (AvgIpc) is 3.01. The van der Waals surface area contributed by atoms with Crippen LogP contribution in [-0.4, -0.2) is 53.6 Å². The van der Waals surface area contributed by atoms with E-state index in [-0.39, 0.29) is 17.9 Å². The summed E-state index contributed by atoms with van der Waals surface area (Å²) in [5, 5.41) is 9.94. The van der Waals surface area contributed by atoms with Gasteiger partial charge in [-0.05, 0) is 31.4 Å². The molecule has 0 bridgehead atoms. The Bertz CT molecular complexity index is 530. The summed E-state index contributed by atoms with van der Waals surface area (Å²) in [7, 11) is 0. The second kappa shape index (κ2) is 5.71. The monoisotopic (exact) mass is 308 g/mol. The van der Waals surface area contributed by atoms with Crippen molar-refractivity contribution in [1.82, 2.24) is 9.80 Å². The molecule has 3 rings (SSSR count). The maximum atomic E-state index is 11.6. The van der Waals surface area contributed by atoms with Crippen LogP contribution < -0.4 is 0 Å². The molecule has 1 aromatic heterocycles. The van der Waals surface area contributed by atoms with Crippen molar-refractivity contribution in [3.05, 3.63) is 21.9 Å². The largest absolute Gasteiger partial charge is 0.396 e. The van der Waals surface area contributed by atoms with E-state index in [0.717, 1.165) is 39.1 Å². The summed E-state index contributed by atoms with van der Waals surface area (Å²) >= 11 is 1.85. The highest BCUT2D eigenvalue weighted by molar-refractivity contribution is 7.11. The molecule has 116 valence electrons. The summed E-state index contributed by atoms with van der Waals surface area (Å²) in [5.41, 5.74) is -0.00173. The van der Waals surface area contributed by atoms with Gasteiger partial charge in [0.05, 0.1) is 6.61 Å². The quantitative estimate of drug-likeness (QED) is 0.925. The third-order valence-corrected chi connectivity index (χ3v) is 6.12. The number of nitrogens with zero attached hydrogens (tertiary/aromatic N) is 2. The lowest BCUT2D eigenvalue weighted by molar-refractivity contribution is -0.133. The minimum absolute atomic E-state index is 0.00173. The van der Waals surface area contributed by atoms with Crippen LogP contribution in [0.2, 0.25) is 0 Å². The van der Waals surface area contributed by atoms with Gasteiger partial charge in [0, 0.05) is 54.8 Å². The normalized spacial score (nSPS) is 29.7. The first-order valence-electron chi connectivity index (χ1n) is 7.66. The number of hydrogen-bond donors (Lipinski definition) is 1. The highest BCUT2D eigenvalue weighted by atomic mass is 32.1. The minimum Gasteiger partial charge on any atom is -0.396 e. The Morgan fingerprint density at radius 3 is 2.90 bits per heavy atom. The zero-order valence-electron chi connectivity index (χ0n) is 12.8. The highest BCUT2D eigenvalue weighted by Gasteiger charge is 2.49. The number of rotatable bonds is 3. The first-order chi connectivity index (χ1) is 10.0. The number of aliphatic hydroxyl groups is 1. The molecular weight excluding hydrogens is 284 g/mol. The van der Waals surface area contributed by atoms with Gasteiger partial charge in [-0.3, -0.25) is 9.69 Å². The van der Waals surface area contributed by atoms with Crippen LogP contribution in [0.4, 0.5) is 0 Å². The molecule has 1 amide bonds. The van der Waals surface area contributed by atoms with Crippen molar-refractivity contribution in [2.45, 2.75) is 26.8 Å². The average molecular weight is 308 g/mol. The van der Waals surface area contributed by atoms with Gasteiger partial charge in [-0.1, -0.05) is 0 Å². The van der Waals surface area contributed by atoms with E-state index in [1.54, 1.807) is 6.92 Å². The molecule has 0 aromatic carbocycles. The van der Waals surface area contributed by atoms with Crippen molar-refractivity contribution >= 4 is 17.2 Å². The molecule has 1 N–H and O–H groups in total. The number of aryl methyl sites for hydroxylation is 1. The zero-order valence-corrected chi connectivity index (χ0v) is 13.7. The molecule has 0 spiro atoms. The molecule has 21 heavy (non-hydrogen) atoms. The second-order valence-electron chi connectivity index (χ2n) is 6.61. The number of piperidine rings is 1. The Labute approximate surface area is 130 Å². The summed E-state index contributed by atoms with van der Waals surface area (Å²) in [6.45, 7) is 8.53. The van der Waals surface area contributed by atoms with Crippen molar-refractivity contribution in [1.29, 1.82) is 0 Å². The Hall–Kier alpha value is -0.910. The molecule has 0 aliphatic carbocycles. The topological polar surface area (TPSA) is 43.8 Å². The van der Waals surface area contributed by atoms with Crippen molar-refractivity contribution in [3.8, 4) is 0 Å². The number of carbonyl (C=O) groups is 1. The van der Waals surface area contributed by atoms with Crippen LogP contribution in [0.25, 0.3) is 0 Å². The molecule has 2 aliphatic heterocycles. The van der Waals surface area contributed by atoms with Crippen molar-refractivity contribution in [2.75, 3.05) is 32.8 Å². The molecule has 2 aliphatic rings. The zero-order chi connectivity index (χ0) is 15.0. The van der Waals surface area contributed by atoms with E-state index in [1.165, 1.54) is 9.75 Å². The van der Waals surface area contributed by atoms with Gasteiger partial charge in [-0.15, -0.1) is 11.3 Å². The smallest absolute Gasteiger partial charge is 0.219 e. The lowest BCUT2D eigenvalue weighted by Crippen LogP contribution is -2.50. The fraction of sp³-hybridized carbons (Fsp3) is 0.688. The predicted octanol–water partition coefficient (Wildman–Crippen LogP) is 1.72. The van der Waals surface area contributed by atoms with Gasteiger partial charge in [0.25, 0.3) is 0 Å². The molecule has 5 heteroatoms. The van der Waals surface area contributed by atoms with Gasteiger partial charge in [0.1, 0.15) is 0 Å². The number of aliphatic hydroxyl groups excluding tert-OH is 1. The molecule has 4 nitrogen and oxygen atoms in total. The number of thiophene rings is 1. The van der Waals surface area contributed by atoms with Gasteiger partial charge in [-0.2, -0.15) is 0 Å². The van der Waals surface area contributed by atoms with Crippen LogP contribution in [0.1, 0.15) is 23.1 Å². The van der Waals surface area contributed by atoms with Crippen LogP contribution in [0.3, 0.4) is 0 Å². The first kappa shape index (κ1) is 15.0. The number of amides is 1. The third kappa shape index (κ3) is 2.87. The van der Waals surface area contributed by atoms with Crippen molar-refractivity contribution in [3.63, 3.8) is 0 Å². The van der Waals surface area contributed by atoms with E-state index in [0.29, 0.717) is 5.92 Å². The number of carbonyl (C=O) groups excluding carboxylic acids is 1. The Morgan fingerprint density at radius 1 is 1.48 bits per heavy atom. The van der Waals surface area contributed by atoms with Crippen molar-refractivity contribution in [2.24, 2.45) is 11.3 Å². The summed E-state index contributed by atoms with van der Waals surface area (Å²) < 4.78 is 0. The maximum Gasteiger partial charge on any atom is 0.219 e. The summed E-state index contributed by atoms with van der Waals surface area (Å²) in [4.78, 5) is 18.7. The van der Waals surface area contributed by atoms with Crippen LogP contribution in [0.15, 0.2) is 12.1 Å². The van der Waals surface area contributed by atoms with Gasteiger partial charge in [0.15, 0.2) is 0 Å². The molecule has 2 fully saturated rings. The molecule has 1 aromatic rings. The number of likely N-dealkylation sites (tertiary alicyclic amines) is 2. The fourth-order valence-corrected chi connectivity index (χ4v) is 4.78. The third-order valence-electron chi connectivity index (χ3n) is 5.14. The van der Waals surface area contributed by atoms with Crippen molar-refractivity contribution < 1.29 is 9.90 Å². The molecular formula is C16H24N2O2S. The highest BCUT2D eigenvalue weighted by Crippen LogP contribution is 2.43. The Morgan fingerprint density at radius 2 is 2.29 bits per heavy atom. The Kier molecular flexibility index (Phi) is 4.08.